The zero-order valence-corrected chi connectivity index (χ0v) is 14.3. The molecule has 0 bridgehead atoms. The number of carbonyl (C=O) groups is 1. The highest BCUT2D eigenvalue weighted by Gasteiger charge is 2.26. The predicted octanol–water partition coefficient (Wildman–Crippen LogP) is 2.78. The summed E-state index contributed by atoms with van der Waals surface area (Å²) in [4.78, 5) is 17.3. The molecule has 1 amide bonds. The van der Waals surface area contributed by atoms with E-state index >= 15 is 0 Å². The summed E-state index contributed by atoms with van der Waals surface area (Å²) in [6, 6.07) is 8.91. The third kappa shape index (κ3) is 3.86. The van der Waals surface area contributed by atoms with Gasteiger partial charge in [0.2, 0.25) is 5.91 Å². The summed E-state index contributed by atoms with van der Waals surface area (Å²) < 4.78 is 0. The second kappa shape index (κ2) is 7.82. The summed E-state index contributed by atoms with van der Waals surface area (Å²) in [5.74, 6) is 0.288. The van der Waals surface area contributed by atoms with Crippen LogP contribution in [0, 0.1) is 0 Å². The van der Waals surface area contributed by atoms with E-state index in [1.165, 1.54) is 43.4 Å². The first-order chi connectivity index (χ1) is 11.3. The number of nitrogens with one attached hydrogen (secondary N) is 1. The standard InChI is InChI=1S/C19H29N3O/c1-2-22(17-9-4-3-5-10-17)19(23)15-21-13-12-20-14-16-8-6-7-11-18(16)21/h6-8,11,17,20H,2-5,9-10,12-15H2,1H3. The van der Waals surface area contributed by atoms with Crippen LogP contribution in [-0.2, 0) is 11.3 Å². The first-order valence-corrected chi connectivity index (χ1v) is 9.12. The normalized spacial score (nSPS) is 19.1. The van der Waals surface area contributed by atoms with E-state index in [1.54, 1.807) is 0 Å². The maximum absolute atomic E-state index is 12.9. The SMILES string of the molecule is CCN(C(=O)CN1CCNCc2ccccc21)C1CCCCC1. The zero-order chi connectivity index (χ0) is 16.1. The number of hydrogen-bond donors (Lipinski definition) is 1. The fourth-order valence-electron chi connectivity index (χ4n) is 3.98. The minimum Gasteiger partial charge on any atom is -0.361 e. The van der Waals surface area contributed by atoms with Crippen molar-refractivity contribution in [3.05, 3.63) is 29.8 Å². The second-order valence-electron chi connectivity index (χ2n) is 6.70. The topological polar surface area (TPSA) is 35.6 Å². The molecule has 1 N–H and O–H groups in total. The Bertz CT molecular complexity index is 525. The van der Waals surface area contributed by atoms with Crippen molar-refractivity contribution < 1.29 is 4.79 Å². The van der Waals surface area contributed by atoms with Crippen LogP contribution in [0.15, 0.2) is 24.3 Å². The number of likely N-dealkylation sites (N-methyl/N-ethyl adjacent to an activating group) is 1. The first-order valence-electron chi connectivity index (χ1n) is 9.12. The van der Waals surface area contributed by atoms with Gasteiger partial charge in [0.25, 0.3) is 0 Å². The van der Waals surface area contributed by atoms with Crippen LogP contribution in [-0.4, -0.2) is 43.0 Å². The van der Waals surface area contributed by atoms with Crippen LogP contribution in [0.5, 0.6) is 0 Å². The molecule has 1 heterocycles. The van der Waals surface area contributed by atoms with Crippen LogP contribution in [0.1, 0.15) is 44.6 Å². The van der Waals surface area contributed by atoms with E-state index in [0.717, 1.165) is 26.2 Å². The molecule has 0 saturated heterocycles. The van der Waals surface area contributed by atoms with Gasteiger partial charge in [-0.05, 0) is 31.4 Å². The average Bonchev–Trinajstić information content (AvgIpc) is 2.79. The van der Waals surface area contributed by atoms with Crippen LogP contribution in [0.2, 0.25) is 0 Å². The van der Waals surface area contributed by atoms with Gasteiger partial charge in [-0.2, -0.15) is 0 Å². The summed E-state index contributed by atoms with van der Waals surface area (Å²) in [6.45, 7) is 6.16. The number of nitrogens with zero attached hydrogens (tertiary/aromatic N) is 2. The number of fused-ring (bicyclic) bond motifs is 1. The second-order valence-corrected chi connectivity index (χ2v) is 6.70. The van der Waals surface area contributed by atoms with Gasteiger partial charge in [-0.3, -0.25) is 4.79 Å². The highest BCUT2D eigenvalue weighted by molar-refractivity contribution is 5.82. The molecule has 4 heteroatoms. The highest BCUT2D eigenvalue weighted by atomic mass is 16.2. The Labute approximate surface area is 139 Å². The summed E-state index contributed by atoms with van der Waals surface area (Å²) in [5, 5.41) is 3.45. The number of anilines is 1. The molecule has 1 aliphatic heterocycles. The molecule has 1 aliphatic carbocycles. The third-order valence-electron chi connectivity index (χ3n) is 5.21. The smallest absolute Gasteiger partial charge is 0.242 e. The molecular formula is C19H29N3O. The molecule has 23 heavy (non-hydrogen) atoms. The summed E-state index contributed by atoms with van der Waals surface area (Å²) in [7, 11) is 0. The molecule has 0 unspecified atom stereocenters. The monoisotopic (exact) mass is 315 g/mol. The van der Waals surface area contributed by atoms with Crippen molar-refractivity contribution in [3.63, 3.8) is 0 Å². The van der Waals surface area contributed by atoms with Crippen LogP contribution in [0.25, 0.3) is 0 Å². The zero-order valence-electron chi connectivity index (χ0n) is 14.3. The highest BCUT2D eigenvalue weighted by Crippen LogP contribution is 2.25. The van der Waals surface area contributed by atoms with E-state index in [-0.39, 0.29) is 5.91 Å². The van der Waals surface area contributed by atoms with Crippen LogP contribution < -0.4 is 10.2 Å². The molecule has 1 aromatic carbocycles. The van der Waals surface area contributed by atoms with Gasteiger partial charge in [0.05, 0.1) is 6.54 Å². The van der Waals surface area contributed by atoms with Crippen LogP contribution in [0.4, 0.5) is 5.69 Å². The fourth-order valence-corrected chi connectivity index (χ4v) is 3.98. The van der Waals surface area contributed by atoms with Crippen molar-refractivity contribution in [2.45, 2.75) is 51.6 Å². The lowest BCUT2D eigenvalue weighted by Crippen LogP contribution is -2.47. The van der Waals surface area contributed by atoms with Gasteiger partial charge >= 0.3 is 0 Å². The van der Waals surface area contributed by atoms with Gasteiger partial charge < -0.3 is 15.1 Å². The molecule has 0 radical (unpaired) electrons. The van der Waals surface area contributed by atoms with Gasteiger partial charge in [-0.1, -0.05) is 37.5 Å². The third-order valence-corrected chi connectivity index (χ3v) is 5.21. The van der Waals surface area contributed by atoms with Crippen molar-refractivity contribution >= 4 is 11.6 Å². The van der Waals surface area contributed by atoms with Gasteiger partial charge in [-0.15, -0.1) is 0 Å². The largest absolute Gasteiger partial charge is 0.361 e. The summed E-state index contributed by atoms with van der Waals surface area (Å²) in [6.07, 6.45) is 6.22. The lowest BCUT2D eigenvalue weighted by Gasteiger charge is -2.35. The number of benzene rings is 1. The van der Waals surface area contributed by atoms with Gasteiger partial charge in [0.15, 0.2) is 0 Å². The molecule has 0 aromatic heterocycles. The molecule has 0 atom stereocenters. The Balaban J connectivity index is 1.71. The predicted molar refractivity (Wildman–Crippen MR) is 94.6 cm³/mol. The minimum absolute atomic E-state index is 0.288. The van der Waals surface area contributed by atoms with Crippen molar-refractivity contribution in [2.75, 3.05) is 31.1 Å². The van der Waals surface area contributed by atoms with E-state index in [4.69, 9.17) is 0 Å². The Hall–Kier alpha value is -1.55. The van der Waals surface area contributed by atoms with Crippen molar-refractivity contribution in [1.82, 2.24) is 10.2 Å². The Kier molecular flexibility index (Phi) is 5.55. The molecule has 4 nitrogen and oxygen atoms in total. The molecule has 126 valence electrons. The Morgan fingerprint density at radius 1 is 1.26 bits per heavy atom. The van der Waals surface area contributed by atoms with E-state index in [0.29, 0.717) is 12.6 Å². The van der Waals surface area contributed by atoms with Gasteiger partial charge in [0.1, 0.15) is 0 Å². The molecule has 1 fully saturated rings. The number of amides is 1. The van der Waals surface area contributed by atoms with E-state index in [9.17, 15) is 4.79 Å². The number of para-hydroxylation sites is 1. The van der Waals surface area contributed by atoms with E-state index in [1.807, 2.05) is 0 Å². The van der Waals surface area contributed by atoms with Gasteiger partial charge in [0, 0.05) is 37.9 Å². The van der Waals surface area contributed by atoms with E-state index in [2.05, 4.69) is 46.3 Å². The first kappa shape index (κ1) is 16.3. The molecular weight excluding hydrogens is 286 g/mol. The average molecular weight is 315 g/mol. The molecule has 2 aliphatic rings. The van der Waals surface area contributed by atoms with Gasteiger partial charge in [-0.25, -0.2) is 0 Å². The maximum Gasteiger partial charge on any atom is 0.242 e. The minimum atomic E-state index is 0.288. The molecule has 3 rings (SSSR count). The van der Waals surface area contributed by atoms with Crippen LogP contribution >= 0.6 is 0 Å². The van der Waals surface area contributed by atoms with Crippen molar-refractivity contribution in [2.24, 2.45) is 0 Å². The van der Waals surface area contributed by atoms with Crippen molar-refractivity contribution in [3.8, 4) is 0 Å². The Morgan fingerprint density at radius 3 is 2.83 bits per heavy atom. The van der Waals surface area contributed by atoms with Crippen molar-refractivity contribution in [1.29, 1.82) is 0 Å². The Morgan fingerprint density at radius 2 is 2.04 bits per heavy atom. The summed E-state index contributed by atoms with van der Waals surface area (Å²) in [5.41, 5.74) is 2.50. The molecule has 1 aromatic rings. The fraction of sp³-hybridized carbons (Fsp3) is 0.632. The lowest BCUT2D eigenvalue weighted by atomic mass is 9.94. The van der Waals surface area contributed by atoms with Crippen LogP contribution in [0.3, 0.4) is 0 Å². The quantitative estimate of drug-likeness (QED) is 0.928. The summed E-state index contributed by atoms with van der Waals surface area (Å²) >= 11 is 0. The maximum atomic E-state index is 12.9. The molecule has 0 spiro atoms. The number of hydrogen-bond acceptors (Lipinski definition) is 3. The van der Waals surface area contributed by atoms with E-state index < -0.39 is 0 Å². The number of rotatable bonds is 4. The number of carbonyl (C=O) groups excluding carboxylic acids is 1. The lowest BCUT2D eigenvalue weighted by molar-refractivity contribution is -0.132. The molecule has 1 saturated carbocycles.